The molecule has 18 heavy (non-hydrogen) atoms. The molecule has 0 aliphatic heterocycles. The number of ketones is 1. The highest BCUT2D eigenvalue weighted by Gasteiger charge is 2.10. The molecular weight excluding hydrogens is 244 g/mol. The first kappa shape index (κ1) is 15.3. The minimum absolute atomic E-state index is 0.0539. The van der Waals surface area contributed by atoms with Crippen LogP contribution < -0.4 is 0 Å². The van der Waals surface area contributed by atoms with E-state index in [1.807, 2.05) is 37.4 Å². The van der Waals surface area contributed by atoms with Crippen LogP contribution in [0.3, 0.4) is 0 Å². The van der Waals surface area contributed by atoms with Crippen LogP contribution in [0.15, 0.2) is 29.2 Å². The van der Waals surface area contributed by atoms with Gasteiger partial charge in [0.25, 0.3) is 0 Å². The summed E-state index contributed by atoms with van der Waals surface area (Å²) in [6.07, 6.45) is 3.14. The third-order valence-electron chi connectivity index (χ3n) is 2.71. The summed E-state index contributed by atoms with van der Waals surface area (Å²) in [5, 5.41) is 0. The zero-order chi connectivity index (χ0) is 13.5. The van der Waals surface area contributed by atoms with Crippen LogP contribution in [-0.2, 0) is 4.74 Å². The van der Waals surface area contributed by atoms with E-state index in [-0.39, 0.29) is 18.5 Å². The molecule has 0 aliphatic rings. The van der Waals surface area contributed by atoms with E-state index in [4.69, 9.17) is 4.74 Å². The van der Waals surface area contributed by atoms with Crippen LogP contribution in [0.1, 0.15) is 37.6 Å². The van der Waals surface area contributed by atoms with E-state index in [0.29, 0.717) is 5.92 Å². The SMILES string of the molecule is CSc1ccc(C(=O)COC(C)CC(C)C)cc1. The van der Waals surface area contributed by atoms with Gasteiger partial charge in [0.1, 0.15) is 6.61 Å². The number of ether oxygens (including phenoxy) is 1. The van der Waals surface area contributed by atoms with Gasteiger partial charge in [-0.3, -0.25) is 4.79 Å². The van der Waals surface area contributed by atoms with Gasteiger partial charge in [0, 0.05) is 10.5 Å². The molecule has 0 N–H and O–H groups in total. The summed E-state index contributed by atoms with van der Waals surface area (Å²) in [5.41, 5.74) is 0.726. The Morgan fingerprint density at radius 2 is 1.83 bits per heavy atom. The highest BCUT2D eigenvalue weighted by Crippen LogP contribution is 2.15. The van der Waals surface area contributed by atoms with Crippen molar-refractivity contribution in [2.24, 2.45) is 5.92 Å². The number of benzene rings is 1. The fourth-order valence-corrected chi connectivity index (χ4v) is 2.22. The van der Waals surface area contributed by atoms with Gasteiger partial charge in [-0.2, -0.15) is 0 Å². The van der Waals surface area contributed by atoms with Crippen molar-refractivity contribution in [1.82, 2.24) is 0 Å². The van der Waals surface area contributed by atoms with Gasteiger partial charge in [0.2, 0.25) is 0 Å². The molecule has 2 nitrogen and oxygen atoms in total. The Labute approximate surface area is 114 Å². The van der Waals surface area contributed by atoms with Crippen LogP contribution in [-0.4, -0.2) is 24.7 Å². The number of carbonyl (C=O) groups is 1. The minimum atomic E-state index is 0.0539. The van der Waals surface area contributed by atoms with E-state index >= 15 is 0 Å². The number of hydrogen-bond donors (Lipinski definition) is 0. The molecule has 1 unspecified atom stereocenters. The molecule has 0 spiro atoms. The second kappa shape index (κ2) is 7.59. The van der Waals surface area contributed by atoms with Crippen LogP contribution >= 0.6 is 11.8 Å². The fraction of sp³-hybridized carbons (Fsp3) is 0.533. The Balaban J connectivity index is 2.44. The maximum atomic E-state index is 11.9. The molecule has 0 amide bonds. The Bertz CT molecular complexity index is 371. The van der Waals surface area contributed by atoms with Gasteiger partial charge in [0.05, 0.1) is 6.10 Å². The van der Waals surface area contributed by atoms with Gasteiger partial charge in [-0.25, -0.2) is 0 Å². The van der Waals surface area contributed by atoms with Gasteiger partial charge < -0.3 is 4.74 Å². The monoisotopic (exact) mass is 266 g/mol. The van der Waals surface area contributed by atoms with Gasteiger partial charge in [-0.1, -0.05) is 26.0 Å². The zero-order valence-electron chi connectivity index (χ0n) is 11.6. The smallest absolute Gasteiger partial charge is 0.188 e. The second-order valence-corrected chi connectivity index (χ2v) is 5.78. The van der Waals surface area contributed by atoms with E-state index in [0.717, 1.165) is 12.0 Å². The third kappa shape index (κ3) is 5.23. The summed E-state index contributed by atoms with van der Waals surface area (Å²) in [7, 11) is 0. The normalized spacial score (nSPS) is 12.7. The molecule has 0 aromatic heterocycles. The number of rotatable bonds is 7. The van der Waals surface area contributed by atoms with Crippen LogP contribution in [0.5, 0.6) is 0 Å². The zero-order valence-corrected chi connectivity index (χ0v) is 12.4. The first-order chi connectivity index (χ1) is 8.52. The molecule has 100 valence electrons. The van der Waals surface area contributed by atoms with E-state index < -0.39 is 0 Å². The summed E-state index contributed by atoms with van der Waals surface area (Å²) in [6.45, 7) is 6.50. The molecule has 0 heterocycles. The largest absolute Gasteiger partial charge is 0.370 e. The van der Waals surface area contributed by atoms with Crippen LogP contribution in [0, 0.1) is 5.92 Å². The summed E-state index contributed by atoms with van der Waals surface area (Å²) in [6, 6.07) is 7.67. The van der Waals surface area contributed by atoms with Gasteiger partial charge in [-0.05, 0) is 37.7 Å². The van der Waals surface area contributed by atoms with Crippen molar-refractivity contribution in [3.8, 4) is 0 Å². The molecule has 0 aliphatic carbocycles. The molecule has 0 fully saturated rings. The molecule has 0 saturated heterocycles. The Hall–Kier alpha value is -0.800. The van der Waals surface area contributed by atoms with Crippen molar-refractivity contribution < 1.29 is 9.53 Å². The molecular formula is C15H22O2S. The van der Waals surface area contributed by atoms with Gasteiger partial charge >= 0.3 is 0 Å². The molecule has 0 radical (unpaired) electrons. The number of carbonyl (C=O) groups excluding carboxylic acids is 1. The van der Waals surface area contributed by atoms with Crippen molar-refractivity contribution >= 4 is 17.5 Å². The van der Waals surface area contributed by atoms with E-state index in [1.165, 1.54) is 4.90 Å². The number of hydrogen-bond acceptors (Lipinski definition) is 3. The van der Waals surface area contributed by atoms with E-state index in [9.17, 15) is 4.79 Å². The lowest BCUT2D eigenvalue weighted by Crippen LogP contribution is -2.17. The van der Waals surface area contributed by atoms with Crippen molar-refractivity contribution in [1.29, 1.82) is 0 Å². The first-order valence-corrected chi connectivity index (χ1v) is 7.54. The molecule has 0 bridgehead atoms. The molecule has 1 rings (SSSR count). The summed E-state index contributed by atoms with van der Waals surface area (Å²) >= 11 is 1.67. The second-order valence-electron chi connectivity index (χ2n) is 4.90. The Kier molecular flexibility index (Phi) is 6.44. The highest BCUT2D eigenvalue weighted by atomic mass is 32.2. The fourth-order valence-electron chi connectivity index (χ4n) is 1.81. The molecule has 3 heteroatoms. The summed E-state index contributed by atoms with van der Waals surface area (Å²) in [5.74, 6) is 0.647. The topological polar surface area (TPSA) is 26.3 Å². The average Bonchev–Trinajstić information content (AvgIpc) is 2.35. The quantitative estimate of drug-likeness (QED) is 0.550. The van der Waals surface area contributed by atoms with Gasteiger partial charge in [0.15, 0.2) is 5.78 Å². The first-order valence-electron chi connectivity index (χ1n) is 6.31. The van der Waals surface area contributed by atoms with E-state index in [2.05, 4.69) is 13.8 Å². The third-order valence-corrected chi connectivity index (χ3v) is 3.46. The van der Waals surface area contributed by atoms with Crippen LogP contribution in [0.4, 0.5) is 0 Å². The highest BCUT2D eigenvalue weighted by molar-refractivity contribution is 7.98. The summed E-state index contributed by atoms with van der Waals surface area (Å²) in [4.78, 5) is 13.1. The molecule has 1 aromatic rings. The lowest BCUT2D eigenvalue weighted by molar-refractivity contribution is 0.0445. The van der Waals surface area contributed by atoms with Crippen molar-refractivity contribution in [3.05, 3.63) is 29.8 Å². The predicted octanol–water partition coefficient (Wildman–Crippen LogP) is 4.04. The van der Waals surface area contributed by atoms with Crippen LogP contribution in [0.2, 0.25) is 0 Å². The Morgan fingerprint density at radius 3 is 2.33 bits per heavy atom. The van der Waals surface area contributed by atoms with Crippen molar-refractivity contribution in [2.75, 3.05) is 12.9 Å². The maximum Gasteiger partial charge on any atom is 0.188 e. The number of thioether (sulfide) groups is 1. The van der Waals surface area contributed by atoms with Crippen molar-refractivity contribution in [3.63, 3.8) is 0 Å². The lowest BCUT2D eigenvalue weighted by atomic mass is 10.1. The molecule has 0 saturated carbocycles. The van der Waals surface area contributed by atoms with Crippen molar-refractivity contribution in [2.45, 2.75) is 38.2 Å². The standard InChI is InChI=1S/C15H22O2S/c1-11(2)9-12(3)17-10-15(16)13-5-7-14(18-4)8-6-13/h5-8,11-12H,9-10H2,1-4H3. The Morgan fingerprint density at radius 1 is 1.22 bits per heavy atom. The predicted molar refractivity (Wildman–Crippen MR) is 77.4 cm³/mol. The van der Waals surface area contributed by atoms with Gasteiger partial charge in [-0.15, -0.1) is 11.8 Å². The molecule has 1 atom stereocenters. The van der Waals surface area contributed by atoms with E-state index in [1.54, 1.807) is 11.8 Å². The average molecular weight is 266 g/mol. The maximum absolute atomic E-state index is 11.9. The summed E-state index contributed by atoms with van der Waals surface area (Å²) < 4.78 is 5.57. The number of Topliss-reactive ketones (excluding diaryl/α,β-unsaturated/α-hetero) is 1. The lowest BCUT2D eigenvalue weighted by Gasteiger charge is -2.14. The van der Waals surface area contributed by atoms with Crippen LogP contribution in [0.25, 0.3) is 0 Å². The minimum Gasteiger partial charge on any atom is -0.370 e. The molecule has 1 aromatic carbocycles.